The standard InChI is InChI=1S/C12H9Cl2/c1-2-9-10-6-4-3-5-8(10)7-11(13)12(9)14/h3-7H,1-2H2. The van der Waals surface area contributed by atoms with Gasteiger partial charge in [0.05, 0.1) is 10.0 Å². The van der Waals surface area contributed by atoms with Gasteiger partial charge in [-0.05, 0) is 35.7 Å². The van der Waals surface area contributed by atoms with E-state index in [1.165, 1.54) is 0 Å². The molecular weight excluding hydrogens is 215 g/mol. The lowest BCUT2D eigenvalue weighted by atomic mass is 10.0. The number of rotatable bonds is 1. The molecule has 0 saturated heterocycles. The van der Waals surface area contributed by atoms with E-state index in [2.05, 4.69) is 6.92 Å². The highest BCUT2D eigenvalue weighted by molar-refractivity contribution is 6.43. The first kappa shape index (κ1) is 9.82. The third kappa shape index (κ3) is 1.49. The molecule has 0 saturated carbocycles. The first-order valence-electron chi connectivity index (χ1n) is 4.39. The van der Waals surface area contributed by atoms with Crippen LogP contribution in [0.3, 0.4) is 0 Å². The molecule has 1 radical (unpaired) electrons. The Balaban J connectivity index is 2.89. The number of hydrogen-bond acceptors (Lipinski definition) is 0. The van der Waals surface area contributed by atoms with Gasteiger partial charge in [-0.25, -0.2) is 0 Å². The van der Waals surface area contributed by atoms with Crippen LogP contribution in [0.5, 0.6) is 0 Å². The van der Waals surface area contributed by atoms with Gasteiger partial charge in [0.25, 0.3) is 0 Å². The van der Waals surface area contributed by atoms with E-state index in [4.69, 9.17) is 23.2 Å². The Labute approximate surface area is 93.4 Å². The van der Waals surface area contributed by atoms with Crippen LogP contribution in [0.4, 0.5) is 0 Å². The summed E-state index contributed by atoms with van der Waals surface area (Å²) in [7, 11) is 0. The van der Waals surface area contributed by atoms with Gasteiger partial charge in [0.2, 0.25) is 0 Å². The summed E-state index contributed by atoms with van der Waals surface area (Å²) in [6.07, 6.45) is 0.653. The smallest absolute Gasteiger partial charge is 0.0630 e. The number of halogens is 2. The van der Waals surface area contributed by atoms with Crippen molar-refractivity contribution in [3.05, 3.63) is 52.9 Å². The van der Waals surface area contributed by atoms with Crippen molar-refractivity contribution in [2.24, 2.45) is 0 Å². The van der Waals surface area contributed by atoms with Gasteiger partial charge in [-0.2, -0.15) is 0 Å². The molecule has 14 heavy (non-hydrogen) atoms. The van der Waals surface area contributed by atoms with Crippen LogP contribution in [0.1, 0.15) is 5.56 Å². The van der Waals surface area contributed by atoms with Crippen LogP contribution >= 0.6 is 23.2 Å². The molecular formula is C12H9Cl2. The molecule has 2 rings (SSSR count). The molecule has 2 heteroatoms. The van der Waals surface area contributed by atoms with Crippen molar-refractivity contribution in [2.75, 3.05) is 0 Å². The summed E-state index contributed by atoms with van der Waals surface area (Å²) < 4.78 is 0. The average Bonchev–Trinajstić information content (AvgIpc) is 2.20. The third-order valence-electron chi connectivity index (χ3n) is 2.29. The molecule has 0 aromatic heterocycles. The fourth-order valence-corrected chi connectivity index (χ4v) is 2.09. The van der Waals surface area contributed by atoms with Crippen molar-refractivity contribution in [1.29, 1.82) is 0 Å². The third-order valence-corrected chi connectivity index (χ3v) is 3.12. The van der Waals surface area contributed by atoms with E-state index in [0.717, 1.165) is 16.3 Å². The van der Waals surface area contributed by atoms with Gasteiger partial charge in [0, 0.05) is 0 Å². The molecule has 0 N–H and O–H groups in total. The topological polar surface area (TPSA) is 0 Å². The largest absolute Gasteiger partial charge is 0.0827 e. The van der Waals surface area contributed by atoms with Crippen molar-refractivity contribution >= 4 is 34.0 Å². The van der Waals surface area contributed by atoms with Crippen LogP contribution < -0.4 is 0 Å². The van der Waals surface area contributed by atoms with Crippen LogP contribution in [0.2, 0.25) is 10.0 Å². The van der Waals surface area contributed by atoms with Gasteiger partial charge in [-0.1, -0.05) is 47.5 Å². The molecule has 0 aliphatic carbocycles. The van der Waals surface area contributed by atoms with Crippen LogP contribution in [0.15, 0.2) is 30.3 Å². The lowest BCUT2D eigenvalue weighted by Gasteiger charge is -2.08. The van der Waals surface area contributed by atoms with Crippen molar-refractivity contribution in [3.8, 4) is 0 Å². The van der Waals surface area contributed by atoms with E-state index in [1.807, 2.05) is 30.3 Å². The lowest BCUT2D eigenvalue weighted by molar-refractivity contribution is 1.30. The molecule has 0 aliphatic heterocycles. The highest BCUT2D eigenvalue weighted by Gasteiger charge is 2.07. The predicted molar refractivity (Wildman–Crippen MR) is 63.0 cm³/mol. The molecule has 0 amide bonds. The van der Waals surface area contributed by atoms with E-state index in [1.54, 1.807) is 0 Å². The van der Waals surface area contributed by atoms with E-state index < -0.39 is 0 Å². The molecule has 0 spiro atoms. The molecule has 0 atom stereocenters. The van der Waals surface area contributed by atoms with Crippen molar-refractivity contribution in [3.63, 3.8) is 0 Å². The second kappa shape index (κ2) is 3.80. The first-order chi connectivity index (χ1) is 6.74. The van der Waals surface area contributed by atoms with Gasteiger partial charge in [0.15, 0.2) is 0 Å². The summed E-state index contributed by atoms with van der Waals surface area (Å²) in [6.45, 7) is 3.86. The Morgan fingerprint density at radius 2 is 1.86 bits per heavy atom. The molecule has 2 aromatic carbocycles. The summed E-state index contributed by atoms with van der Waals surface area (Å²) in [5.41, 5.74) is 1.02. The van der Waals surface area contributed by atoms with Crippen molar-refractivity contribution in [1.82, 2.24) is 0 Å². The second-order valence-electron chi connectivity index (χ2n) is 3.12. The normalized spacial score (nSPS) is 10.8. The number of benzene rings is 2. The van der Waals surface area contributed by atoms with E-state index in [0.29, 0.717) is 16.5 Å². The van der Waals surface area contributed by atoms with Crippen molar-refractivity contribution in [2.45, 2.75) is 6.42 Å². The predicted octanol–water partition coefficient (Wildman–Crippen LogP) is 4.52. The van der Waals surface area contributed by atoms with E-state index in [9.17, 15) is 0 Å². The summed E-state index contributed by atoms with van der Waals surface area (Å²) in [5.74, 6) is 0. The van der Waals surface area contributed by atoms with Gasteiger partial charge < -0.3 is 0 Å². The zero-order valence-corrected chi connectivity index (χ0v) is 9.07. The maximum Gasteiger partial charge on any atom is 0.0630 e. The van der Waals surface area contributed by atoms with E-state index in [-0.39, 0.29) is 0 Å². The summed E-state index contributed by atoms with van der Waals surface area (Å²) in [6, 6.07) is 9.93. The Morgan fingerprint density at radius 3 is 2.57 bits per heavy atom. The monoisotopic (exact) mass is 223 g/mol. The molecule has 2 aromatic rings. The number of fused-ring (bicyclic) bond motifs is 1. The van der Waals surface area contributed by atoms with E-state index >= 15 is 0 Å². The van der Waals surface area contributed by atoms with Crippen LogP contribution in [-0.4, -0.2) is 0 Å². The fraction of sp³-hybridized carbons (Fsp3) is 0.0833. The van der Waals surface area contributed by atoms with Crippen LogP contribution in [-0.2, 0) is 6.42 Å². The van der Waals surface area contributed by atoms with Gasteiger partial charge in [-0.15, -0.1) is 0 Å². The zero-order chi connectivity index (χ0) is 10.1. The number of hydrogen-bond donors (Lipinski definition) is 0. The van der Waals surface area contributed by atoms with Gasteiger partial charge >= 0.3 is 0 Å². The van der Waals surface area contributed by atoms with Crippen molar-refractivity contribution < 1.29 is 0 Å². The molecule has 0 nitrogen and oxygen atoms in total. The summed E-state index contributed by atoms with van der Waals surface area (Å²) >= 11 is 12.1. The zero-order valence-electron chi connectivity index (χ0n) is 7.56. The second-order valence-corrected chi connectivity index (χ2v) is 3.91. The minimum absolute atomic E-state index is 0.601. The van der Waals surface area contributed by atoms with Crippen LogP contribution in [0.25, 0.3) is 10.8 Å². The summed E-state index contributed by atoms with van der Waals surface area (Å²) in [5, 5.41) is 3.47. The quantitative estimate of drug-likeness (QED) is 0.667. The maximum atomic E-state index is 6.10. The Hall–Kier alpha value is -0.720. The van der Waals surface area contributed by atoms with Gasteiger partial charge in [0.1, 0.15) is 0 Å². The molecule has 0 fully saturated rings. The highest BCUT2D eigenvalue weighted by atomic mass is 35.5. The first-order valence-corrected chi connectivity index (χ1v) is 5.14. The molecule has 0 heterocycles. The Kier molecular flexibility index (Phi) is 2.66. The minimum atomic E-state index is 0.601. The highest BCUT2D eigenvalue weighted by Crippen LogP contribution is 2.33. The SMILES string of the molecule is [CH2]Cc1c(Cl)c(Cl)cc2ccccc12. The summed E-state index contributed by atoms with van der Waals surface area (Å²) in [4.78, 5) is 0. The Morgan fingerprint density at radius 1 is 1.14 bits per heavy atom. The van der Waals surface area contributed by atoms with Gasteiger partial charge in [-0.3, -0.25) is 0 Å². The van der Waals surface area contributed by atoms with Crippen LogP contribution in [0, 0.1) is 6.92 Å². The molecule has 0 unspecified atom stereocenters. The minimum Gasteiger partial charge on any atom is -0.0827 e. The molecule has 0 bridgehead atoms. The average molecular weight is 224 g/mol. The maximum absolute atomic E-state index is 6.10. The molecule has 71 valence electrons. The fourth-order valence-electron chi connectivity index (χ4n) is 1.60. The molecule has 0 aliphatic rings. The Bertz CT molecular complexity index is 475. The lowest BCUT2D eigenvalue weighted by Crippen LogP contribution is -1.86.